The van der Waals surface area contributed by atoms with Gasteiger partial charge in [0, 0.05) is 25.1 Å². The van der Waals surface area contributed by atoms with Crippen molar-refractivity contribution >= 4 is 17.5 Å². The van der Waals surface area contributed by atoms with Gasteiger partial charge in [0.2, 0.25) is 5.89 Å². The van der Waals surface area contributed by atoms with Crippen molar-refractivity contribution < 1.29 is 13.8 Å². The summed E-state index contributed by atoms with van der Waals surface area (Å²) in [6, 6.07) is 17.2. The second-order valence-electron chi connectivity index (χ2n) is 7.56. The number of hydrogen-bond acceptors (Lipinski definition) is 6. The summed E-state index contributed by atoms with van der Waals surface area (Å²) < 4.78 is 10.8. The van der Waals surface area contributed by atoms with E-state index in [1.54, 1.807) is 17.9 Å². The summed E-state index contributed by atoms with van der Waals surface area (Å²) in [5, 5.41) is 8.68. The van der Waals surface area contributed by atoms with Crippen LogP contribution >= 0.6 is 11.6 Å². The largest absolute Gasteiger partial charge is 0.360 e. The fraction of sp³-hybridized carbons (Fsp3) is 0.217. The molecule has 7 nitrogen and oxygen atoms in total. The molecule has 3 heterocycles. The third-order valence-corrected chi connectivity index (χ3v) is 5.74. The molecule has 0 radical (unpaired) electrons. The molecule has 0 bridgehead atoms. The van der Waals surface area contributed by atoms with Crippen LogP contribution in [0.5, 0.6) is 0 Å². The lowest BCUT2D eigenvalue weighted by Gasteiger charge is -2.37. The molecule has 0 unspecified atom stereocenters. The van der Waals surface area contributed by atoms with Crippen LogP contribution in [0.2, 0.25) is 5.02 Å². The second-order valence-corrected chi connectivity index (χ2v) is 7.97. The number of carbonyl (C=O) groups is 1. The Morgan fingerprint density at radius 2 is 1.81 bits per heavy atom. The maximum absolute atomic E-state index is 13.2. The second kappa shape index (κ2) is 8.00. The molecular weight excluding hydrogens is 416 g/mol. The van der Waals surface area contributed by atoms with E-state index in [0.717, 1.165) is 5.56 Å². The highest BCUT2D eigenvalue weighted by molar-refractivity contribution is 6.33. The standard InChI is InChI=1S/C23H19ClN4O3/c1-14-20(21(27-30-14)17-9-5-6-10-18(17)24)23(29)28-12-16(13-28)22-25-19(26-31-22)11-15-7-3-2-4-8-15/h2-10,16H,11-13H2,1H3. The van der Waals surface area contributed by atoms with Crippen molar-refractivity contribution in [2.45, 2.75) is 19.3 Å². The predicted molar refractivity (Wildman–Crippen MR) is 114 cm³/mol. The Morgan fingerprint density at radius 1 is 1.06 bits per heavy atom. The number of carbonyl (C=O) groups excluding carboxylic acids is 1. The summed E-state index contributed by atoms with van der Waals surface area (Å²) in [5.41, 5.74) is 2.68. The SMILES string of the molecule is Cc1onc(-c2ccccc2Cl)c1C(=O)N1CC(c2nc(Cc3ccccc3)no2)C1. The molecule has 1 amide bonds. The first-order valence-electron chi connectivity index (χ1n) is 9.97. The van der Waals surface area contributed by atoms with Gasteiger partial charge < -0.3 is 13.9 Å². The number of likely N-dealkylation sites (tertiary alicyclic amines) is 1. The van der Waals surface area contributed by atoms with Crippen molar-refractivity contribution in [1.29, 1.82) is 0 Å². The van der Waals surface area contributed by atoms with Crippen LogP contribution in [-0.4, -0.2) is 39.2 Å². The number of hydrogen-bond donors (Lipinski definition) is 0. The van der Waals surface area contributed by atoms with Crippen LogP contribution < -0.4 is 0 Å². The third kappa shape index (κ3) is 3.72. The number of benzene rings is 2. The van der Waals surface area contributed by atoms with Crippen molar-refractivity contribution in [3.63, 3.8) is 0 Å². The zero-order valence-corrected chi connectivity index (χ0v) is 17.5. The lowest BCUT2D eigenvalue weighted by atomic mass is 9.97. The van der Waals surface area contributed by atoms with E-state index >= 15 is 0 Å². The van der Waals surface area contributed by atoms with E-state index in [4.69, 9.17) is 20.6 Å². The van der Waals surface area contributed by atoms with Crippen molar-refractivity contribution in [3.8, 4) is 11.3 Å². The molecule has 31 heavy (non-hydrogen) atoms. The van der Waals surface area contributed by atoms with Crippen LogP contribution in [-0.2, 0) is 6.42 Å². The number of rotatable bonds is 5. The molecule has 0 N–H and O–H groups in total. The molecule has 0 saturated carbocycles. The van der Waals surface area contributed by atoms with Gasteiger partial charge in [-0.3, -0.25) is 4.79 Å². The average molecular weight is 435 g/mol. The van der Waals surface area contributed by atoms with E-state index in [0.29, 0.717) is 58.8 Å². The summed E-state index contributed by atoms with van der Waals surface area (Å²) in [5.74, 6) is 1.54. The molecule has 1 fully saturated rings. The van der Waals surface area contributed by atoms with Gasteiger partial charge in [-0.05, 0) is 18.6 Å². The molecule has 0 aliphatic carbocycles. The summed E-state index contributed by atoms with van der Waals surface area (Å²) in [7, 11) is 0. The topological polar surface area (TPSA) is 85.3 Å². The lowest BCUT2D eigenvalue weighted by Crippen LogP contribution is -2.48. The zero-order valence-electron chi connectivity index (χ0n) is 16.8. The Balaban J connectivity index is 1.28. The van der Waals surface area contributed by atoms with Gasteiger partial charge in [-0.15, -0.1) is 0 Å². The smallest absolute Gasteiger partial charge is 0.259 e. The highest BCUT2D eigenvalue weighted by atomic mass is 35.5. The van der Waals surface area contributed by atoms with E-state index in [1.807, 2.05) is 48.5 Å². The highest BCUT2D eigenvalue weighted by Gasteiger charge is 2.38. The number of aromatic nitrogens is 3. The fourth-order valence-electron chi connectivity index (χ4n) is 3.70. The van der Waals surface area contributed by atoms with Gasteiger partial charge >= 0.3 is 0 Å². The lowest BCUT2D eigenvalue weighted by molar-refractivity contribution is 0.0568. The van der Waals surface area contributed by atoms with E-state index in [1.165, 1.54) is 0 Å². The normalized spacial score (nSPS) is 13.9. The Morgan fingerprint density at radius 3 is 2.58 bits per heavy atom. The Hall–Kier alpha value is -3.45. The summed E-state index contributed by atoms with van der Waals surface area (Å²) in [6.45, 7) is 2.72. The van der Waals surface area contributed by atoms with Gasteiger partial charge in [-0.2, -0.15) is 4.98 Å². The van der Waals surface area contributed by atoms with Crippen molar-refractivity contribution in [2.75, 3.05) is 13.1 Å². The highest BCUT2D eigenvalue weighted by Crippen LogP contribution is 2.34. The minimum atomic E-state index is -0.144. The maximum atomic E-state index is 13.2. The van der Waals surface area contributed by atoms with Crippen molar-refractivity contribution in [3.05, 3.63) is 88.2 Å². The minimum Gasteiger partial charge on any atom is -0.360 e. The van der Waals surface area contributed by atoms with Crippen LogP contribution in [0.25, 0.3) is 11.3 Å². The molecule has 156 valence electrons. The Kier molecular flexibility index (Phi) is 5.03. The number of nitrogens with zero attached hydrogens (tertiary/aromatic N) is 4. The summed E-state index contributed by atoms with van der Waals surface area (Å²) in [6.07, 6.45) is 0.612. The molecule has 1 aliphatic rings. The van der Waals surface area contributed by atoms with Crippen LogP contribution in [0.4, 0.5) is 0 Å². The monoisotopic (exact) mass is 434 g/mol. The molecular formula is C23H19ClN4O3. The van der Waals surface area contributed by atoms with E-state index in [-0.39, 0.29) is 11.8 Å². The molecule has 1 aliphatic heterocycles. The molecule has 1 saturated heterocycles. The summed E-state index contributed by atoms with van der Waals surface area (Å²) >= 11 is 6.30. The first-order valence-corrected chi connectivity index (χ1v) is 10.3. The van der Waals surface area contributed by atoms with Crippen LogP contribution in [0, 0.1) is 6.92 Å². The summed E-state index contributed by atoms with van der Waals surface area (Å²) in [4.78, 5) is 19.4. The predicted octanol–water partition coefficient (Wildman–Crippen LogP) is 4.52. The van der Waals surface area contributed by atoms with Gasteiger partial charge in [0.1, 0.15) is 17.0 Å². The van der Waals surface area contributed by atoms with Crippen LogP contribution in [0.3, 0.4) is 0 Å². The van der Waals surface area contributed by atoms with Crippen LogP contribution in [0.1, 0.15) is 39.3 Å². The third-order valence-electron chi connectivity index (χ3n) is 5.41. The molecule has 2 aromatic heterocycles. The number of amides is 1. The van der Waals surface area contributed by atoms with E-state index < -0.39 is 0 Å². The van der Waals surface area contributed by atoms with E-state index in [2.05, 4.69) is 15.3 Å². The van der Waals surface area contributed by atoms with Gasteiger partial charge in [-0.1, -0.05) is 70.4 Å². The zero-order chi connectivity index (χ0) is 21.4. The van der Waals surface area contributed by atoms with E-state index in [9.17, 15) is 4.79 Å². The molecule has 0 spiro atoms. The van der Waals surface area contributed by atoms with Crippen molar-refractivity contribution in [1.82, 2.24) is 20.2 Å². The molecule has 4 aromatic rings. The van der Waals surface area contributed by atoms with Gasteiger partial charge in [0.25, 0.3) is 5.91 Å². The number of aryl methyl sites for hydroxylation is 1. The van der Waals surface area contributed by atoms with Gasteiger partial charge in [0.15, 0.2) is 5.82 Å². The molecule has 0 atom stereocenters. The Bertz CT molecular complexity index is 1230. The quantitative estimate of drug-likeness (QED) is 0.459. The maximum Gasteiger partial charge on any atom is 0.259 e. The van der Waals surface area contributed by atoms with Gasteiger partial charge in [0.05, 0.1) is 10.9 Å². The van der Waals surface area contributed by atoms with Gasteiger partial charge in [-0.25, -0.2) is 0 Å². The molecule has 8 heteroatoms. The van der Waals surface area contributed by atoms with Crippen LogP contribution in [0.15, 0.2) is 63.6 Å². The minimum absolute atomic E-state index is 0.0184. The first kappa shape index (κ1) is 19.5. The molecule has 5 rings (SSSR count). The average Bonchev–Trinajstić information content (AvgIpc) is 3.34. The molecule has 2 aromatic carbocycles. The Labute approximate surface area is 183 Å². The fourth-order valence-corrected chi connectivity index (χ4v) is 3.93. The number of halogens is 1. The first-order chi connectivity index (χ1) is 15.1. The van der Waals surface area contributed by atoms with Crippen molar-refractivity contribution in [2.24, 2.45) is 0 Å².